The average molecular weight is 468 g/mol. The zero-order valence-corrected chi connectivity index (χ0v) is 19.5. The van der Waals surface area contributed by atoms with Gasteiger partial charge in [0.2, 0.25) is 0 Å². The highest BCUT2D eigenvalue weighted by Gasteiger charge is 2.34. The predicted molar refractivity (Wildman–Crippen MR) is 134 cm³/mol. The molecule has 4 aromatic rings. The Morgan fingerprint density at radius 3 is 2.71 bits per heavy atom. The number of aromatic nitrogens is 1. The maximum Gasteiger partial charge on any atom is 0.196 e. The number of ketones is 1. The molecular weight excluding hydrogens is 442 g/mol. The lowest BCUT2D eigenvalue weighted by Crippen LogP contribution is -2.34. The van der Waals surface area contributed by atoms with Crippen molar-refractivity contribution in [1.29, 1.82) is 0 Å². The Bertz CT molecular complexity index is 1490. The molecule has 35 heavy (non-hydrogen) atoms. The molecule has 0 amide bonds. The summed E-state index contributed by atoms with van der Waals surface area (Å²) in [5, 5.41) is 8.79. The third kappa shape index (κ3) is 3.18. The Hall–Kier alpha value is -4.00. The van der Waals surface area contributed by atoms with Gasteiger partial charge in [0.1, 0.15) is 18.7 Å². The fourth-order valence-corrected chi connectivity index (χ4v) is 5.57. The Morgan fingerprint density at radius 2 is 1.86 bits per heavy atom. The number of fused-ring (bicyclic) bond motifs is 3. The summed E-state index contributed by atoms with van der Waals surface area (Å²) in [6, 6.07) is 15.4. The van der Waals surface area contributed by atoms with E-state index in [1.54, 1.807) is 0 Å². The minimum absolute atomic E-state index is 0.0279. The molecule has 0 radical (unpaired) electrons. The highest BCUT2D eigenvalue weighted by Crippen LogP contribution is 2.47. The molecule has 1 saturated heterocycles. The number of carbonyl (C=O) groups is 1. The summed E-state index contributed by atoms with van der Waals surface area (Å²) in [5.74, 6) is 2.65. The van der Waals surface area contributed by atoms with Crippen molar-refractivity contribution >= 4 is 33.7 Å². The number of nitrogens with one attached hydrogen (secondary N) is 1. The summed E-state index contributed by atoms with van der Waals surface area (Å²) < 4.78 is 17.4. The summed E-state index contributed by atoms with van der Waals surface area (Å²) >= 11 is 0. The van der Waals surface area contributed by atoms with E-state index < -0.39 is 0 Å². The van der Waals surface area contributed by atoms with Crippen LogP contribution >= 0.6 is 0 Å². The maximum absolute atomic E-state index is 13.8. The molecule has 3 aromatic carbocycles. The molecule has 176 valence electrons. The average Bonchev–Trinajstić information content (AvgIpc) is 3.33. The SMILES string of the molecule is C[C@@H]1CCCN(c2cc(Nc3ccc4c(c3)OCCO4)c3c4c(onc24)-c2ccccc2C3=O)C1. The Kier molecular flexibility index (Phi) is 4.52. The first-order valence-corrected chi connectivity index (χ1v) is 12.2. The largest absolute Gasteiger partial charge is 0.486 e. The highest BCUT2D eigenvalue weighted by molar-refractivity contribution is 6.28. The minimum Gasteiger partial charge on any atom is -0.486 e. The molecule has 1 aliphatic carbocycles. The molecule has 3 heterocycles. The normalized spacial score (nSPS) is 18.5. The molecule has 1 aromatic heterocycles. The number of piperidine rings is 1. The van der Waals surface area contributed by atoms with Crippen molar-refractivity contribution in [3.8, 4) is 22.8 Å². The van der Waals surface area contributed by atoms with Crippen LogP contribution in [0.2, 0.25) is 0 Å². The van der Waals surface area contributed by atoms with Gasteiger partial charge < -0.3 is 24.2 Å². The van der Waals surface area contributed by atoms with Crippen LogP contribution in [0.1, 0.15) is 35.7 Å². The topological polar surface area (TPSA) is 76.8 Å². The predicted octanol–water partition coefficient (Wildman–Crippen LogP) is 5.79. The standard InChI is InChI=1S/C28H25N3O4/c1-16-5-4-10-31(15-16)21-14-20(29-17-8-9-22-23(13-17)34-12-11-33-22)24-25-26(21)30-35-28(25)19-7-3-2-6-18(19)27(24)32/h2-3,6-9,13-14,16,29H,4-5,10-12,15H2,1H3/t16-/m1/s1. The van der Waals surface area contributed by atoms with Crippen molar-refractivity contribution in [3.05, 3.63) is 59.7 Å². The summed E-state index contributed by atoms with van der Waals surface area (Å²) in [6.07, 6.45) is 2.35. The van der Waals surface area contributed by atoms with E-state index in [1.807, 2.05) is 42.5 Å². The van der Waals surface area contributed by atoms with Gasteiger partial charge in [-0.25, -0.2) is 0 Å². The third-order valence-corrected chi connectivity index (χ3v) is 7.20. The molecule has 0 bridgehead atoms. The zero-order valence-electron chi connectivity index (χ0n) is 19.5. The van der Waals surface area contributed by atoms with Gasteiger partial charge in [0.25, 0.3) is 0 Å². The quantitative estimate of drug-likeness (QED) is 0.360. The number of anilines is 3. The van der Waals surface area contributed by atoms with Gasteiger partial charge in [-0.1, -0.05) is 36.3 Å². The van der Waals surface area contributed by atoms with Crippen molar-refractivity contribution in [3.63, 3.8) is 0 Å². The molecule has 0 unspecified atom stereocenters. The van der Waals surface area contributed by atoms with Crippen molar-refractivity contribution in [2.75, 3.05) is 36.5 Å². The molecule has 7 heteroatoms. The first-order chi connectivity index (χ1) is 17.2. The molecule has 0 spiro atoms. The lowest BCUT2D eigenvalue weighted by Gasteiger charge is -2.33. The van der Waals surface area contributed by atoms with E-state index in [0.717, 1.165) is 58.8 Å². The summed E-state index contributed by atoms with van der Waals surface area (Å²) in [6.45, 7) is 5.25. The van der Waals surface area contributed by atoms with Gasteiger partial charge in [0, 0.05) is 36.0 Å². The van der Waals surface area contributed by atoms with Crippen LogP contribution in [0, 0.1) is 5.92 Å². The van der Waals surface area contributed by atoms with E-state index in [1.165, 1.54) is 6.42 Å². The van der Waals surface area contributed by atoms with Gasteiger partial charge in [0.05, 0.1) is 22.3 Å². The van der Waals surface area contributed by atoms with Gasteiger partial charge >= 0.3 is 0 Å². The Morgan fingerprint density at radius 1 is 1.03 bits per heavy atom. The second-order valence-corrected chi connectivity index (χ2v) is 9.61. The van der Waals surface area contributed by atoms with Crippen LogP contribution in [-0.4, -0.2) is 37.2 Å². The van der Waals surface area contributed by atoms with Crippen LogP contribution in [0.5, 0.6) is 11.5 Å². The summed E-state index contributed by atoms with van der Waals surface area (Å²) in [5.41, 5.74) is 5.33. The molecule has 2 aliphatic heterocycles. The van der Waals surface area contributed by atoms with Gasteiger partial charge in [-0.2, -0.15) is 0 Å². The fraction of sp³-hybridized carbons (Fsp3) is 0.286. The third-order valence-electron chi connectivity index (χ3n) is 7.20. The van der Waals surface area contributed by atoms with E-state index in [-0.39, 0.29) is 5.78 Å². The molecule has 0 saturated carbocycles. The van der Waals surface area contributed by atoms with Crippen LogP contribution in [0.3, 0.4) is 0 Å². The van der Waals surface area contributed by atoms with E-state index >= 15 is 0 Å². The Balaban J connectivity index is 1.43. The molecular formula is C28H25N3O4. The molecule has 3 aliphatic rings. The smallest absolute Gasteiger partial charge is 0.196 e. The fourth-order valence-electron chi connectivity index (χ4n) is 5.57. The van der Waals surface area contributed by atoms with Crippen LogP contribution < -0.4 is 19.7 Å². The second kappa shape index (κ2) is 7.77. The summed E-state index contributed by atoms with van der Waals surface area (Å²) in [4.78, 5) is 16.2. The van der Waals surface area contributed by atoms with Crippen molar-refractivity contribution in [2.45, 2.75) is 19.8 Å². The van der Waals surface area contributed by atoms with Crippen molar-refractivity contribution in [1.82, 2.24) is 5.16 Å². The van der Waals surface area contributed by atoms with Gasteiger partial charge in [-0.15, -0.1) is 0 Å². The number of nitrogens with zero attached hydrogens (tertiary/aromatic N) is 2. The number of hydrogen-bond acceptors (Lipinski definition) is 7. The van der Waals surface area contributed by atoms with Gasteiger partial charge in [0.15, 0.2) is 23.0 Å². The lowest BCUT2D eigenvalue weighted by molar-refractivity contribution is 0.104. The maximum atomic E-state index is 13.8. The summed E-state index contributed by atoms with van der Waals surface area (Å²) in [7, 11) is 0. The Labute approximate surface area is 202 Å². The van der Waals surface area contributed by atoms with Crippen LogP contribution in [0.4, 0.5) is 17.1 Å². The van der Waals surface area contributed by atoms with Crippen LogP contribution in [-0.2, 0) is 0 Å². The van der Waals surface area contributed by atoms with Crippen LogP contribution in [0.15, 0.2) is 53.1 Å². The molecule has 7 rings (SSSR count). The van der Waals surface area contributed by atoms with Crippen LogP contribution in [0.25, 0.3) is 22.2 Å². The first kappa shape index (κ1) is 20.4. The van der Waals surface area contributed by atoms with Gasteiger partial charge in [-0.05, 0) is 37.0 Å². The molecule has 1 fully saturated rings. The van der Waals surface area contributed by atoms with Crippen molar-refractivity contribution < 1.29 is 18.8 Å². The van der Waals surface area contributed by atoms with E-state index in [0.29, 0.717) is 41.8 Å². The molecule has 1 N–H and O–H groups in total. The second-order valence-electron chi connectivity index (χ2n) is 9.61. The lowest BCUT2D eigenvalue weighted by atomic mass is 9.86. The monoisotopic (exact) mass is 467 g/mol. The minimum atomic E-state index is -0.0279. The number of hydrogen-bond donors (Lipinski definition) is 1. The highest BCUT2D eigenvalue weighted by atomic mass is 16.6. The van der Waals surface area contributed by atoms with E-state index in [9.17, 15) is 4.79 Å². The zero-order chi connectivity index (χ0) is 23.5. The molecule has 7 nitrogen and oxygen atoms in total. The van der Waals surface area contributed by atoms with E-state index in [2.05, 4.69) is 28.4 Å². The number of benzene rings is 3. The molecule has 1 atom stereocenters. The number of rotatable bonds is 3. The number of carbonyl (C=O) groups excluding carboxylic acids is 1. The van der Waals surface area contributed by atoms with Gasteiger partial charge in [-0.3, -0.25) is 4.79 Å². The van der Waals surface area contributed by atoms with E-state index in [4.69, 9.17) is 14.0 Å². The number of ether oxygens (including phenoxy) is 2. The first-order valence-electron chi connectivity index (χ1n) is 12.2. The van der Waals surface area contributed by atoms with Crippen molar-refractivity contribution in [2.24, 2.45) is 5.92 Å².